The third kappa shape index (κ3) is 31.2. The molecule has 0 aromatic carbocycles. The second-order valence-corrected chi connectivity index (χ2v) is 18.9. The van der Waals surface area contributed by atoms with Gasteiger partial charge in [-0.3, -0.25) is 23.4 Å². The van der Waals surface area contributed by atoms with Gasteiger partial charge in [-0.25, -0.2) is 4.57 Å². The zero-order chi connectivity index (χ0) is 46.1. The molecule has 4 N–H and O–H groups in total. The highest BCUT2D eigenvalue weighted by atomic mass is 31.2. The molecule has 1 rings (SSSR count). The van der Waals surface area contributed by atoms with Crippen LogP contribution in [-0.4, -0.2) is 114 Å². The molecule has 0 saturated heterocycles. The number of ether oxygens (including phenoxy) is 2. The van der Waals surface area contributed by atoms with Gasteiger partial charge >= 0.3 is 19.8 Å². The van der Waals surface area contributed by atoms with E-state index in [2.05, 4.69) is 50.3 Å². The summed E-state index contributed by atoms with van der Waals surface area (Å²) in [5, 5.41) is 31.4. The Morgan fingerprint density at radius 1 is 0.726 bits per heavy atom. The number of aliphatic hydroxyl groups is 3. The fraction of sp³-hybridized carbons (Fsp3) is 0.729. The van der Waals surface area contributed by atoms with Crippen molar-refractivity contribution in [2.45, 2.75) is 167 Å². The van der Waals surface area contributed by atoms with Crippen molar-refractivity contribution in [2.75, 3.05) is 47.5 Å². The lowest BCUT2D eigenvalue weighted by atomic mass is 9.87. The van der Waals surface area contributed by atoms with Crippen LogP contribution in [0.3, 0.4) is 0 Å². The first-order chi connectivity index (χ1) is 29.6. The quantitative estimate of drug-likeness (QED) is 0.0153. The Labute approximate surface area is 373 Å². The van der Waals surface area contributed by atoms with Crippen LogP contribution >= 0.6 is 7.82 Å². The number of carbonyl (C=O) groups is 3. The van der Waals surface area contributed by atoms with Crippen LogP contribution in [0.4, 0.5) is 0 Å². The highest BCUT2D eigenvalue weighted by Gasteiger charge is 2.41. The third-order valence-corrected chi connectivity index (χ3v) is 11.5. The lowest BCUT2D eigenvalue weighted by Gasteiger charge is -2.24. The molecular formula is C48H83NO12P+. The van der Waals surface area contributed by atoms with Crippen molar-refractivity contribution in [1.82, 2.24) is 0 Å². The van der Waals surface area contributed by atoms with Gasteiger partial charge < -0.3 is 34.2 Å². The number of ketones is 1. The normalized spacial score (nSPS) is 20.5. The lowest BCUT2D eigenvalue weighted by molar-refractivity contribution is -0.870. The summed E-state index contributed by atoms with van der Waals surface area (Å²) in [5.74, 6) is -2.18. The summed E-state index contributed by atoms with van der Waals surface area (Å²) in [6.45, 7) is 3.77. The van der Waals surface area contributed by atoms with Gasteiger partial charge in [-0.15, -0.1) is 0 Å². The number of nitrogens with zero attached hydrogens (tertiary/aromatic N) is 1. The van der Waals surface area contributed by atoms with Crippen LogP contribution in [0.15, 0.2) is 60.8 Å². The van der Waals surface area contributed by atoms with E-state index in [-0.39, 0.29) is 51.1 Å². The van der Waals surface area contributed by atoms with E-state index in [4.69, 9.17) is 18.5 Å². The minimum Gasteiger partial charge on any atom is -0.462 e. The Morgan fingerprint density at radius 2 is 1.31 bits per heavy atom. The first-order valence-electron chi connectivity index (χ1n) is 23.2. The molecule has 1 aliphatic carbocycles. The van der Waals surface area contributed by atoms with Crippen LogP contribution in [0.5, 0.6) is 0 Å². The second-order valence-electron chi connectivity index (χ2n) is 17.4. The number of quaternary nitrogens is 1. The van der Waals surface area contributed by atoms with Crippen molar-refractivity contribution < 1.29 is 62.2 Å². The molecule has 0 amide bonds. The average Bonchev–Trinajstić information content (AvgIpc) is 3.47. The van der Waals surface area contributed by atoms with E-state index in [0.717, 1.165) is 44.9 Å². The minimum atomic E-state index is -4.50. The third-order valence-electron chi connectivity index (χ3n) is 10.5. The van der Waals surface area contributed by atoms with Gasteiger partial charge in [-0.1, -0.05) is 107 Å². The van der Waals surface area contributed by atoms with Gasteiger partial charge in [0.1, 0.15) is 25.5 Å². The molecule has 14 heteroatoms. The molecule has 0 radical (unpaired) electrons. The number of esters is 2. The van der Waals surface area contributed by atoms with Crippen molar-refractivity contribution in [3.8, 4) is 0 Å². The first-order valence-corrected chi connectivity index (χ1v) is 24.7. The number of aliphatic hydroxyl groups excluding tert-OH is 3. The molecule has 0 aromatic heterocycles. The van der Waals surface area contributed by atoms with E-state index in [0.29, 0.717) is 43.1 Å². The van der Waals surface area contributed by atoms with E-state index in [1.165, 1.54) is 19.3 Å². The minimum absolute atomic E-state index is 0.0469. The van der Waals surface area contributed by atoms with Crippen molar-refractivity contribution >= 4 is 25.5 Å². The molecule has 1 aliphatic rings. The fourth-order valence-corrected chi connectivity index (χ4v) is 7.51. The van der Waals surface area contributed by atoms with Gasteiger partial charge in [0.25, 0.3) is 0 Å². The SMILES string of the molecule is CCCCC/C=C\C/C=C\C/C=C\C/C=C\CCCC(=O)OC[C@H](COP(=O)(O)OCC[N+](C)(C)C)OC(=O)CCCCC(=O)C[C@@H]1[C@@H](/C=C/[C@@H](O)CCCCC)[C@H](O)C[C@@H]1O. The monoisotopic (exact) mass is 897 g/mol. The number of carbonyl (C=O) groups excluding carboxylic acids is 3. The molecule has 0 spiro atoms. The average molecular weight is 897 g/mol. The largest absolute Gasteiger partial charge is 0.472 e. The fourth-order valence-electron chi connectivity index (χ4n) is 6.77. The molecule has 1 fully saturated rings. The number of phosphoric acid groups is 1. The Hall–Kier alpha value is -2.74. The molecule has 356 valence electrons. The molecule has 62 heavy (non-hydrogen) atoms. The van der Waals surface area contributed by atoms with Gasteiger partial charge in [0.2, 0.25) is 0 Å². The van der Waals surface area contributed by atoms with E-state index >= 15 is 0 Å². The Balaban J connectivity index is 2.56. The van der Waals surface area contributed by atoms with Crippen LogP contribution in [-0.2, 0) is 37.5 Å². The predicted molar refractivity (Wildman–Crippen MR) is 245 cm³/mol. The number of allylic oxidation sites excluding steroid dienone is 8. The number of likely N-dealkylation sites (N-methyl/N-ethyl adjacent to an activating group) is 1. The molecule has 0 bridgehead atoms. The van der Waals surface area contributed by atoms with Crippen LogP contribution in [0.2, 0.25) is 0 Å². The van der Waals surface area contributed by atoms with E-state index in [9.17, 15) is 39.2 Å². The van der Waals surface area contributed by atoms with Gasteiger partial charge in [0.15, 0.2) is 6.10 Å². The van der Waals surface area contributed by atoms with Gasteiger partial charge in [0.05, 0.1) is 46.1 Å². The van der Waals surface area contributed by atoms with E-state index in [1.54, 1.807) is 12.2 Å². The van der Waals surface area contributed by atoms with E-state index < -0.39 is 62.6 Å². The molecule has 7 atom stereocenters. The van der Waals surface area contributed by atoms with Crippen molar-refractivity contribution in [3.63, 3.8) is 0 Å². The topological polar surface area (TPSA) is 186 Å². The van der Waals surface area contributed by atoms with Crippen LogP contribution in [0.1, 0.15) is 142 Å². The Bertz CT molecular complexity index is 1420. The zero-order valence-corrected chi connectivity index (χ0v) is 39.6. The summed E-state index contributed by atoms with van der Waals surface area (Å²) in [6.07, 6.45) is 30.5. The summed E-state index contributed by atoms with van der Waals surface area (Å²) in [5.41, 5.74) is 0. The molecular weight excluding hydrogens is 813 g/mol. The maximum absolute atomic E-state index is 12.9. The second kappa shape index (κ2) is 34.6. The van der Waals surface area contributed by atoms with Gasteiger partial charge in [0, 0.05) is 43.9 Å². The highest BCUT2D eigenvalue weighted by molar-refractivity contribution is 7.47. The van der Waals surface area contributed by atoms with Gasteiger partial charge in [-0.2, -0.15) is 0 Å². The molecule has 1 unspecified atom stereocenters. The summed E-state index contributed by atoms with van der Waals surface area (Å²) in [7, 11) is 1.21. The smallest absolute Gasteiger partial charge is 0.462 e. The van der Waals surface area contributed by atoms with Crippen molar-refractivity contribution in [3.05, 3.63) is 60.8 Å². The van der Waals surface area contributed by atoms with Crippen molar-refractivity contribution in [1.29, 1.82) is 0 Å². The molecule has 0 heterocycles. The highest BCUT2D eigenvalue weighted by Crippen LogP contribution is 2.43. The predicted octanol–water partition coefficient (Wildman–Crippen LogP) is 8.80. The molecule has 0 aromatic rings. The number of hydrogen-bond donors (Lipinski definition) is 4. The lowest BCUT2D eigenvalue weighted by Crippen LogP contribution is -2.37. The van der Waals surface area contributed by atoms with Crippen LogP contribution in [0, 0.1) is 11.8 Å². The molecule has 13 nitrogen and oxygen atoms in total. The zero-order valence-electron chi connectivity index (χ0n) is 38.7. The Kier molecular flexibility index (Phi) is 32.0. The first kappa shape index (κ1) is 57.3. The number of rotatable bonds is 37. The number of hydrogen-bond acceptors (Lipinski definition) is 11. The number of Topliss-reactive ketones (excluding diaryl/α,β-unsaturated/α-hetero) is 1. The van der Waals surface area contributed by atoms with Crippen LogP contribution < -0.4 is 0 Å². The Morgan fingerprint density at radius 3 is 1.94 bits per heavy atom. The number of unbranched alkanes of at least 4 members (excludes halogenated alkanes) is 7. The van der Waals surface area contributed by atoms with E-state index in [1.807, 2.05) is 33.3 Å². The maximum atomic E-state index is 12.9. The van der Waals surface area contributed by atoms with Crippen molar-refractivity contribution in [2.24, 2.45) is 11.8 Å². The number of phosphoric ester groups is 1. The summed E-state index contributed by atoms with van der Waals surface area (Å²) < 4.78 is 34.1. The summed E-state index contributed by atoms with van der Waals surface area (Å²) in [4.78, 5) is 48.5. The van der Waals surface area contributed by atoms with Crippen LogP contribution in [0.25, 0.3) is 0 Å². The summed E-state index contributed by atoms with van der Waals surface area (Å²) >= 11 is 0. The van der Waals surface area contributed by atoms with Gasteiger partial charge in [-0.05, 0) is 64.2 Å². The summed E-state index contributed by atoms with van der Waals surface area (Å²) in [6, 6.07) is 0. The standard InChI is InChI=1S/C48H82NO12P/c1-6-8-10-11-12-13-14-15-16-17-18-19-20-21-22-23-25-30-47(54)58-38-42(39-60-62(56,57)59-35-34-49(3,4)5)61-48(55)31-27-26-29-41(51)36-44-43(45(52)37-46(44)53)33-32-40(50)28-24-9-7-2/h12-13,15-16,18-19,21-22,32-33,40,42-46,50,52-53H,6-11,14,17,20,23-31,34-39H2,1-5H3/p+1/b13-12-,16-15-,19-18-,22-21-,33-32+/t40-,42+,43+,44+,45+,46-/m0/s1. The molecule has 1 saturated carbocycles. The maximum Gasteiger partial charge on any atom is 0.472 e. The molecule has 0 aliphatic heterocycles.